The first-order valence-corrected chi connectivity index (χ1v) is 9.86. The van der Waals surface area contributed by atoms with Crippen LogP contribution in [0.5, 0.6) is 0 Å². The van der Waals surface area contributed by atoms with Gasteiger partial charge in [-0.15, -0.1) is 0 Å². The van der Waals surface area contributed by atoms with Crippen molar-refractivity contribution in [1.82, 2.24) is 4.90 Å². The highest BCUT2D eigenvalue weighted by atomic mass is 16.1. The SMILES string of the molecule is Cc1ccc(CN(Cc2cccc(C(N)=O)c2)C2CCc3ccccc32)cc1. The van der Waals surface area contributed by atoms with E-state index in [9.17, 15) is 4.79 Å². The molecule has 3 heteroatoms. The van der Waals surface area contributed by atoms with Gasteiger partial charge in [0.25, 0.3) is 0 Å². The Balaban J connectivity index is 1.64. The number of carbonyl (C=O) groups excluding carboxylic acids is 1. The van der Waals surface area contributed by atoms with E-state index in [1.807, 2.05) is 12.1 Å². The topological polar surface area (TPSA) is 46.3 Å². The zero-order valence-corrected chi connectivity index (χ0v) is 16.3. The van der Waals surface area contributed by atoms with Crippen molar-refractivity contribution >= 4 is 5.91 Å². The standard InChI is InChI=1S/C25H26N2O/c1-18-9-11-19(12-10-18)16-27(17-20-5-4-7-22(15-20)25(26)28)24-14-13-21-6-2-3-8-23(21)24/h2-12,15,24H,13-14,16-17H2,1H3,(H2,26,28). The Labute approximate surface area is 166 Å². The van der Waals surface area contributed by atoms with Crippen molar-refractivity contribution in [2.45, 2.75) is 38.9 Å². The number of primary amides is 1. The van der Waals surface area contributed by atoms with Crippen molar-refractivity contribution in [3.05, 3.63) is 106 Å². The molecule has 0 bridgehead atoms. The van der Waals surface area contributed by atoms with Crippen LogP contribution in [0.3, 0.4) is 0 Å². The van der Waals surface area contributed by atoms with Gasteiger partial charge in [-0.1, -0.05) is 66.2 Å². The fourth-order valence-electron chi connectivity index (χ4n) is 4.18. The van der Waals surface area contributed by atoms with Crippen LogP contribution in [0.1, 0.15) is 50.6 Å². The molecule has 0 saturated heterocycles. The molecule has 1 atom stereocenters. The minimum absolute atomic E-state index is 0.377. The Bertz CT molecular complexity index is 978. The summed E-state index contributed by atoms with van der Waals surface area (Å²) in [5.41, 5.74) is 12.6. The molecule has 3 aromatic rings. The van der Waals surface area contributed by atoms with E-state index in [4.69, 9.17) is 5.73 Å². The van der Waals surface area contributed by atoms with Crippen molar-refractivity contribution in [2.24, 2.45) is 5.73 Å². The molecule has 0 heterocycles. The molecule has 2 N–H and O–H groups in total. The highest BCUT2D eigenvalue weighted by Gasteiger charge is 2.27. The molecule has 3 aromatic carbocycles. The summed E-state index contributed by atoms with van der Waals surface area (Å²) in [4.78, 5) is 14.1. The molecule has 1 unspecified atom stereocenters. The lowest BCUT2D eigenvalue weighted by Gasteiger charge is -2.30. The summed E-state index contributed by atoms with van der Waals surface area (Å²) in [6.07, 6.45) is 2.24. The minimum atomic E-state index is -0.377. The van der Waals surface area contributed by atoms with Gasteiger partial charge in [0.15, 0.2) is 0 Å². The maximum Gasteiger partial charge on any atom is 0.248 e. The van der Waals surface area contributed by atoms with Crippen LogP contribution >= 0.6 is 0 Å². The van der Waals surface area contributed by atoms with Gasteiger partial charge < -0.3 is 5.73 Å². The van der Waals surface area contributed by atoms with E-state index in [0.717, 1.165) is 31.5 Å². The predicted molar refractivity (Wildman–Crippen MR) is 113 cm³/mol. The summed E-state index contributed by atoms with van der Waals surface area (Å²) in [6.45, 7) is 3.78. The van der Waals surface area contributed by atoms with Crippen LogP contribution in [-0.4, -0.2) is 10.8 Å². The summed E-state index contributed by atoms with van der Waals surface area (Å²) in [6, 6.07) is 25.6. The van der Waals surface area contributed by atoms with Crippen molar-refractivity contribution in [3.63, 3.8) is 0 Å². The average Bonchev–Trinajstić information content (AvgIpc) is 3.13. The number of amides is 1. The van der Waals surface area contributed by atoms with Gasteiger partial charge in [-0.2, -0.15) is 0 Å². The lowest BCUT2D eigenvalue weighted by atomic mass is 10.0. The number of benzene rings is 3. The summed E-state index contributed by atoms with van der Waals surface area (Å²) in [7, 11) is 0. The molecular weight excluding hydrogens is 344 g/mol. The minimum Gasteiger partial charge on any atom is -0.366 e. The molecule has 1 aliphatic carbocycles. The lowest BCUT2D eigenvalue weighted by molar-refractivity contribution is 0.1000. The van der Waals surface area contributed by atoms with E-state index in [0.29, 0.717) is 11.6 Å². The molecule has 3 nitrogen and oxygen atoms in total. The Morgan fingerprint density at radius 3 is 2.50 bits per heavy atom. The van der Waals surface area contributed by atoms with Crippen molar-refractivity contribution in [2.75, 3.05) is 0 Å². The van der Waals surface area contributed by atoms with Gasteiger partial charge in [-0.25, -0.2) is 0 Å². The Morgan fingerprint density at radius 1 is 0.964 bits per heavy atom. The highest BCUT2D eigenvalue weighted by molar-refractivity contribution is 5.92. The number of fused-ring (bicyclic) bond motifs is 1. The van der Waals surface area contributed by atoms with E-state index >= 15 is 0 Å². The summed E-state index contributed by atoms with van der Waals surface area (Å²) in [5.74, 6) is -0.377. The number of rotatable bonds is 6. The van der Waals surface area contributed by atoms with Crippen LogP contribution in [-0.2, 0) is 19.5 Å². The van der Waals surface area contributed by atoms with Gasteiger partial charge in [-0.3, -0.25) is 9.69 Å². The van der Waals surface area contributed by atoms with Crippen LogP contribution < -0.4 is 5.73 Å². The maximum atomic E-state index is 11.6. The monoisotopic (exact) mass is 370 g/mol. The third kappa shape index (κ3) is 4.00. The zero-order chi connectivity index (χ0) is 19.5. The zero-order valence-electron chi connectivity index (χ0n) is 16.3. The molecule has 1 amide bonds. The van der Waals surface area contributed by atoms with Crippen LogP contribution in [0.2, 0.25) is 0 Å². The molecule has 0 radical (unpaired) electrons. The normalized spacial score (nSPS) is 15.6. The molecule has 28 heavy (non-hydrogen) atoms. The van der Waals surface area contributed by atoms with Crippen molar-refractivity contribution in [1.29, 1.82) is 0 Å². The Morgan fingerprint density at radius 2 is 1.71 bits per heavy atom. The Hall–Kier alpha value is -2.91. The molecule has 1 aliphatic rings. The summed E-state index contributed by atoms with van der Waals surface area (Å²) < 4.78 is 0. The summed E-state index contributed by atoms with van der Waals surface area (Å²) in [5, 5.41) is 0. The maximum absolute atomic E-state index is 11.6. The predicted octanol–water partition coefficient (Wildman–Crippen LogP) is 4.78. The lowest BCUT2D eigenvalue weighted by Crippen LogP contribution is -2.27. The number of aryl methyl sites for hydroxylation is 2. The van der Waals surface area contributed by atoms with Gasteiger partial charge in [0.05, 0.1) is 0 Å². The third-order valence-corrected chi connectivity index (χ3v) is 5.65. The quantitative estimate of drug-likeness (QED) is 0.678. The highest BCUT2D eigenvalue weighted by Crippen LogP contribution is 2.37. The molecule has 0 spiro atoms. The largest absolute Gasteiger partial charge is 0.366 e. The second-order valence-corrected chi connectivity index (χ2v) is 7.71. The van der Waals surface area contributed by atoms with Crippen LogP contribution in [0.15, 0.2) is 72.8 Å². The molecular formula is C25H26N2O. The molecule has 4 rings (SSSR count). The fraction of sp³-hybridized carbons (Fsp3) is 0.240. The van der Waals surface area contributed by atoms with Gasteiger partial charge >= 0.3 is 0 Å². The fourth-order valence-corrected chi connectivity index (χ4v) is 4.18. The summed E-state index contributed by atoms with van der Waals surface area (Å²) >= 11 is 0. The molecule has 142 valence electrons. The molecule has 0 saturated carbocycles. The van der Waals surface area contributed by atoms with E-state index in [2.05, 4.69) is 66.4 Å². The molecule has 0 aromatic heterocycles. The smallest absolute Gasteiger partial charge is 0.248 e. The number of nitrogens with zero attached hydrogens (tertiary/aromatic N) is 1. The molecule has 0 fully saturated rings. The number of nitrogens with two attached hydrogens (primary N) is 1. The average molecular weight is 370 g/mol. The molecule has 0 aliphatic heterocycles. The second kappa shape index (κ2) is 7.99. The van der Waals surface area contributed by atoms with E-state index in [1.54, 1.807) is 6.07 Å². The first-order valence-electron chi connectivity index (χ1n) is 9.86. The van der Waals surface area contributed by atoms with Gasteiger partial charge in [0.2, 0.25) is 5.91 Å². The number of hydrogen-bond acceptors (Lipinski definition) is 2. The van der Waals surface area contributed by atoms with Crippen LogP contribution in [0, 0.1) is 6.92 Å². The second-order valence-electron chi connectivity index (χ2n) is 7.71. The van der Waals surface area contributed by atoms with Gasteiger partial charge in [-0.05, 0) is 54.2 Å². The van der Waals surface area contributed by atoms with Crippen molar-refractivity contribution < 1.29 is 4.79 Å². The van der Waals surface area contributed by atoms with E-state index in [1.165, 1.54) is 22.3 Å². The number of carbonyl (C=O) groups is 1. The van der Waals surface area contributed by atoms with E-state index < -0.39 is 0 Å². The number of hydrogen-bond donors (Lipinski definition) is 1. The first kappa shape index (κ1) is 18.5. The third-order valence-electron chi connectivity index (χ3n) is 5.65. The van der Waals surface area contributed by atoms with Crippen LogP contribution in [0.4, 0.5) is 0 Å². The van der Waals surface area contributed by atoms with Gasteiger partial charge in [0.1, 0.15) is 0 Å². The Kier molecular flexibility index (Phi) is 5.27. The van der Waals surface area contributed by atoms with E-state index in [-0.39, 0.29) is 5.91 Å². The first-order chi connectivity index (χ1) is 13.6. The van der Waals surface area contributed by atoms with Crippen molar-refractivity contribution in [3.8, 4) is 0 Å². The van der Waals surface area contributed by atoms with Gasteiger partial charge in [0, 0.05) is 24.7 Å². The van der Waals surface area contributed by atoms with Crippen LogP contribution in [0.25, 0.3) is 0 Å².